The fourth-order valence-corrected chi connectivity index (χ4v) is 1.63. The molecule has 0 aliphatic heterocycles. The Hall–Kier alpha value is -1.59. The molecule has 1 heterocycles. The predicted octanol–water partition coefficient (Wildman–Crippen LogP) is 3.18. The summed E-state index contributed by atoms with van der Waals surface area (Å²) in [5.74, 6) is 0.788. The maximum Gasteiger partial charge on any atom is 0.176 e. The molecule has 1 aromatic heterocycles. The van der Waals surface area contributed by atoms with Gasteiger partial charge in [0.1, 0.15) is 5.82 Å². The number of hydrogen-bond donors (Lipinski definition) is 3. The normalized spacial score (nSPS) is 10.0. The molecule has 3 N–H and O–H groups in total. The highest BCUT2D eigenvalue weighted by molar-refractivity contribution is 7.80. The van der Waals surface area contributed by atoms with Gasteiger partial charge in [0.2, 0.25) is 0 Å². The van der Waals surface area contributed by atoms with Crippen molar-refractivity contribution < 1.29 is 0 Å². The number of thiocarbonyl (C=S) groups is 1. The number of aromatic nitrogens is 2. The molecule has 6 heteroatoms. The molecule has 0 amide bonds. The van der Waals surface area contributed by atoms with Crippen LogP contribution in [0.25, 0.3) is 0 Å². The van der Waals surface area contributed by atoms with Gasteiger partial charge >= 0.3 is 0 Å². The van der Waals surface area contributed by atoms with E-state index in [2.05, 4.69) is 20.8 Å². The van der Waals surface area contributed by atoms with Crippen molar-refractivity contribution in [3.05, 3.63) is 41.0 Å². The van der Waals surface area contributed by atoms with E-state index >= 15 is 0 Å². The minimum Gasteiger partial charge on any atom is -0.332 e. The maximum atomic E-state index is 5.79. The van der Waals surface area contributed by atoms with Gasteiger partial charge in [-0.25, -0.2) is 0 Å². The molecule has 2 rings (SSSR count). The first kappa shape index (κ1) is 11.9. The predicted molar refractivity (Wildman–Crippen MR) is 74.6 cm³/mol. The molecular formula is C11H11ClN4S. The quantitative estimate of drug-likeness (QED) is 0.731. The van der Waals surface area contributed by atoms with Gasteiger partial charge in [0, 0.05) is 16.3 Å². The molecule has 1 aromatic carbocycles. The number of aromatic amines is 1. The third kappa shape index (κ3) is 3.18. The monoisotopic (exact) mass is 266 g/mol. The van der Waals surface area contributed by atoms with E-state index in [-0.39, 0.29) is 0 Å². The van der Waals surface area contributed by atoms with Crippen LogP contribution in [0.4, 0.5) is 11.5 Å². The summed E-state index contributed by atoms with van der Waals surface area (Å²) in [6, 6.07) is 7.31. The first-order chi connectivity index (χ1) is 8.15. The minimum absolute atomic E-state index is 0.500. The van der Waals surface area contributed by atoms with Crippen LogP contribution in [0.1, 0.15) is 5.56 Å². The standard InChI is InChI=1S/C11H11ClN4S/c1-7-6-13-16-10(7)15-11(17)14-9-4-2-8(12)3-5-9/h2-6H,1H3,(H3,13,14,15,16,17). The third-order valence-corrected chi connectivity index (χ3v) is 2.63. The SMILES string of the molecule is Cc1cn[nH]c1NC(=S)Nc1ccc(Cl)cc1. The first-order valence-corrected chi connectivity index (χ1v) is 5.77. The summed E-state index contributed by atoms with van der Waals surface area (Å²) in [7, 11) is 0. The van der Waals surface area contributed by atoms with Gasteiger partial charge in [0.25, 0.3) is 0 Å². The Balaban J connectivity index is 1.98. The van der Waals surface area contributed by atoms with E-state index in [0.29, 0.717) is 10.1 Å². The Morgan fingerprint density at radius 3 is 2.59 bits per heavy atom. The second-order valence-corrected chi connectivity index (χ2v) is 4.36. The van der Waals surface area contributed by atoms with Gasteiger partial charge < -0.3 is 10.6 Å². The van der Waals surface area contributed by atoms with Crippen molar-refractivity contribution in [3.63, 3.8) is 0 Å². The van der Waals surface area contributed by atoms with Gasteiger partial charge in [0.05, 0.1) is 6.20 Å². The van der Waals surface area contributed by atoms with Crippen molar-refractivity contribution in [1.82, 2.24) is 10.2 Å². The summed E-state index contributed by atoms with van der Waals surface area (Å²) >= 11 is 11.0. The van der Waals surface area contributed by atoms with Crippen LogP contribution in [0.15, 0.2) is 30.5 Å². The van der Waals surface area contributed by atoms with Crippen LogP contribution >= 0.6 is 23.8 Å². The molecule has 0 atom stereocenters. The number of anilines is 2. The number of nitrogens with zero attached hydrogens (tertiary/aromatic N) is 1. The zero-order valence-corrected chi connectivity index (χ0v) is 10.7. The molecule has 0 aliphatic rings. The van der Waals surface area contributed by atoms with E-state index in [1.807, 2.05) is 19.1 Å². The highest BCUT2D eigenvalue weighted by atomic mass is 35.5. The van der Waals surface area contributed by atoms with E-state index in [9.17, 15) is 0 Å². The number of halogens is 1. The second kappa shape index (κ2) is 5.16. The Labute approximate surface area is 109 Å². The summed E-state index contributed by atoms with van der Waals surface area (Å²) in [5.41, 5.74) is 1.88. The molecular weight excluding hydrogens is 256 g/mol. The van der Waals surface area contributed by atoms with Gasteiger partial charge in [-0.3, -0.25) is 5.10 Å². The van der Waals surface area contributed by atoms with Crippen LogP contribution in [0.5, 0.6) is 0 Å². The van der Waals surface area contributed by atoms with E-state index in [1.54, 1.807) is 18.3 Å². The minimum atomic E-state index is 0.500. The van der Waals surface area contributed by atoms with Crippen molar-refractivity contribution in [2.45, 2.75) is 6.92 Å². The highest BCUT2D eigenvalue weighted by Gasteiger charge is 2.02. The Morgan fingerprint density at radius 2 is 2.00 bits per heavy atom. The topological polar surface area (TPSA) is 52.7 Å². The molecule has 4 nitrogen and oxygen atoms in total. The molecule has 0 bridgehead atoms. The number of hydrogen-bond acceptors (Lipinski definition) is 2. The third-order valence-electron chi connectivity index (χ3n) is 2.17. The summed E-state index contributed by atoms with van der Waals surface area (Å²) in [4.78, 5) is 0. The van der Waals surface area contributed by atoms with Crippen molar-refractivity contribution in [1.29, 1.82) is 0 Å². The van der Waals surface area contributed by atoms with Crippen LogP contribution in [0.2, 0.25) is 5.02 Å². The molecule has 0 unspecified atom stereocenters. The molecule has 0 spiro atoms. The Morgan fingerprint density at radius 1 is 1.29 bits per heavy atom. The van der Waals surface area contributed by atoms with Gasteiger partial charge in [-0.1, -0.05) is 11.6 Å². The molecule has 17 heavy (non-hydrogen) atoms. The number of rotatable bonds is 2. The van der Waals surface area contributed by atoms with Crippen LogP contribution < -0.4 is 10.6 Å². The fourth-order valence-electron chi connectivity index (χ4n) is 1.28. The van der Waals surface area contributed by atoms with E-state index in [1.165, 1.54) is 0 Å². The van der Waals surface area contributed by atoms with Gasteiger partial charge in [-0.05, 0) is 43.4 Å². The molecule has 0 saturated heterocycles. The van der Waals surface area contributed by atoms with Gasteiger partial charge in [-0.15, -0.1) is 0 Å². The molecule has 0 aliphatic carbocycles. The number of nitrogens with one attached hydrogen (secondary N) is 3. The van der Waals surface area contributed by atoms with Crippen LogP contribution in [-0.4, -0.2) is 15.3 Å². The molecule has 0 saturated carbocycles. The van der Waals surface area contributed by atoms with Crippen LogP contribution in [-0.2, 0) is 0 Å². The highest BCUT2D eigenvalue weighted by Crippen LogP contribution is 2.14. The lowest BCUT2D eigenvalue weighted by molar-refractivity contribution is 1.10. The maximum absolute atomic E-state index is 5.79. The second-order valence-electron chi connectivity index (χ2n) is 3.51. The summed E-state index contributed by atoms with van der Waals surface area (Å²) in [6.07, 6.45) is 1.73. The number of H-pyrrole nitrogens is 1. The van der Waals surface area contributed by atoms with E-state index in [0.717, 1.165) is 17.1 Å². The van der Waals surface area contributed by atoms with Gasteiger partial charge in [0.15, 0.2) is 5.11 Å². The van der Waals surface area contributed by atoms with Crippen molar-refractivity contribution in [2.24, 2.45) is 0 Å². The van der Waals surface area contributed by atoms with Gasteiger partial charge in [-0.2, -0.15) is 5.10 Å². The summed E-state index contributed by atoms with van der Waals surface area (Å²) in [5, 5.41) is 14.0. The van der Waals surface area contributed by atoms with Crippen LogP contribution in [0.3, 0.4) is 0 Å². The number of aryl methyl sites for hydroxylation is 1. The Kier molecular flexibility index (Phi) is 3.61. The average Bonchev–Trinajstić information content (AvgIpc) is 2.68. The lowest BCUT2D eigenvalue weighted by atomic mass is 10.3. The lowest BCUT2D eigenvalue weighted by Gasteiger charge is -2.09. The zero-order valence-electron chi connectivity index (χ0n) is 9.12. The van der Waals surface area contributed by atoms with Crippen molar-refractivity contribution in [3.8, 4) is 0 Å². The largest absolute Gasteiger partial charge is 0.332 e. The molecule has 0 fully saturated rings. The fraction of sp³-hybridized carbons (Fsp3) is 0.0909. The van der Waals surface area contributed by atoms with E-state index in [4.69, 9.17) is 23.8 Å². The molecule has 88 valence electrons. The zero-order chi connectivity index (χ0) is 12.3. The lowest BCUT2D eigenvalue weighted by Crippen LogP contribution is -2.19. The summed E-state index contributed by atoms with van der Waals surface area (Å²) in [6.45, 7) is 1.94. The first-order valence-electron chi connectivity index (χ1n) is 4.98. The van der Waals surface area contributed by atoms with Crippen molar-refractivity contribution >= 4 is 40.4 Å². The van der Waals surface area contributed by atoms with Crippen LogP contribution in [0, 0.1) is 6.92 Å². The van der Waals surface area contributed by atoms with E-state index < -0.39 is 0 Å². The van der Waals surface area contributed by atoms with Crippen molar-refractivity contribution in [2.75, 3.05) is 10.6 Å². The Bertz CT molecular complexity index is 521. The number of benzene rings is 1. The molecule has 2 aromatic rings. The summed E-state index contributed by atoms with van der Waals surface area (Å²) < 4.78 is 0. The molecule has 0 radical (unpaired) electrons. The smallest absolute Gasteiger partial charge is 0.176 e. The average molecular weight is 267 g/mol.